The van der Waals surface area contributed by atoms with Crippen molar-refractivity contribution >= 4 is 11.6 Å². The van der Waals surface area contributed by atoms with Crippen molar-refractivity contribution in [1.82, 2.24) is 4.98 Å². The Labute approximate surface area is 130 Å². The Morgan fingerprint density at radius 1 is 0.864 bits per heavy atom. The zero-order valence-electron chi connectivity index (χ0n) is 12.7. The van der Waals surface area contributed by atoms with Crippen LogP contribution in [0, 0.1) is 13.8 Å². The molecule has 1 amide bonds. The van der Waals surface area contributed by atoms with Gasteiger partial charge in [0.2, 0.25) is 0 Å². The van der Waals surface area contributed by atoms with Gasteiger partial charge in [0.1, 0.15) is 0 Å². The Kier molecular flexibility index (Phi) is 3.79. The van der Waals surface area contributed by atoms with E-state index in [1.165, 1.54) is 0 Å². The third-order valence-electron chi connectivity index (χ3n) is 3.70. The van der Waals surface area contributed by atoms with E-state index in [0.717, 1.165) is 28.2 Å². The lowest BCUT2D eigenvalue weighted by Gasteiger charge is -2.08. The number of aryl methyl sites for hydroxylation is 2. The van der Waals surface area contributed by atoms with Crippen LogP contribution in [0.1, 0.15) is 21.7 Å². The van der Waals surface area contributed by atoms with Crippen LogP contribution >= 0.6 is 0 Å². The van der Waals surface area contributed by atoms with Gasteiger partial charge < -0.3 is 10.3 Å². The van der Waals surface area contributed by atoms with Crippen molar-refractivity contribution in [2.75, 3.05) is 5.32 Å². The fourth-order valence-electron chi connectivity index (χ4n) is 2.75. The molecule has 0 saturated carbocycles. The highest BCUT2D eigenvalue weighted by atomic mass is 16.1. The van der Waals surface area contributed by atoms with Gasteiger partial charge in [-0.15, -0.1) is 0 Å². The monoisotopic (exact) mass is 290 g/mol. The molecule has 1 aromatic heterocycles. The zero-order valence-corrected chi connectivity index (χ0v) is 12.7. The molecule has 0 spiro atoms. The Hall–Kier alpha value is -2.81. The van der Waals surface area contributed by atoms with Crippen LogP contribution in [0.15, 0.2) is 60.7 Å². The first-order valence-corrected chi connectivity index (χ1v) is 7.28. The molecule has 2 N–H and O–H groups in total. The van der Waals surface area contributed by atoms with Crippen LogP contribution in [-0.4, -0.2) is 10.9 Å². The van der Waals surface area contributed by atoms with Crippen molar-refractivity contribution in [3.8, 4) is 11.1 Å². The summed E-state index contributed by atoms with van der Waals surface area (Å²) >= 11 is 0. The van der Waals surface area contributed by atoms with Gasteiger partial charge in [0.25, 0.3) is 5.91 Å². The summed E-state index contributed by atoms with van der Waals surface area (Å²) in [5.74, 6) is -0.0908. The number of hydrogen-bond donors (Lipinski definition) is 2. The lowest BCUT2D eigenvalue weighted by atomic mass is 10.00. The van der Waals surface area contributed by atoms with Crippen LogP contribution in [0.4, 0.5) is 5.69 Å². The van der Waals surface area contributed by atoms with E-state index in [2.05, 4.69) is 10.3 Å². The first-order valence-electron chi connectivity index (χ1n) is 7.28. The van der Waals surface area contributed by atoms with Gasteiger partial charge in [0.15, 0.2) is 0 Å². The van der Waals surface area contributed by atoms with E-state index in [1.807, 2.05) is 74.5 Å². The van der Waals surface area contributed by atoms with E-state index >= 15 is 0 Å². The van der Waals surface area contributed by atoms with Gasteiger partial charge in [-0.1, -0.05) is 48.5 Å². The third kappa shape index (κ3) is 2.66. The summed E-state index contributed by atoms with van der Waals surface area (Å²) in [6.07, 6.45) is 0. The van der Waals surface area contributed by atoms with E-state index in [4.69, 9.17) is 0 Å². The molecule has 0 radical (unpaired) electrons. The molecule has 0 atom stereocenters. The number of carbonyl (C=O) groups excluding carboxylic acids is 1. The average Bonchev–Trinajstić information content (AvgIpc) is 2.83. The van der Waals surface area contributed by atoms with Gasteiger partial charge in [-0.25, -0.2) is 0 Å². The van der Waals surface area contributed by atoms with Gasteiger partial charge in [0, 0.05) is 22.6 Å². The Morgan fingerprint density at radius 2 is 1.45 bits per heavy atom. The first kappa shape index (κ1) is 14.1. The molecule has 0 unspecified atom stereocenters. The summed E-state index contributed by atoms with van der Waals surface area (Å²) in [6, 6.07) is 19.5. The molecule has 0 aliphatic rings. The summed E-state index contributed by atoms with van der Waals surface area (Å²) in [5.41, 5.74) is 5.39. The second-order valence-corrected chi connectivity index (χ2v) is 5.31. The highest BCUT2D eigenvalue weighted by Crippen LogP contribution is 2.30. The SMILES string of the molecule is Cc1[nH]c(C)c(-c2ccccc2)c1C(=O)Nc1ccccc1. The number of anilines is 1. The fourth-order valence-corrected chi connectivity index (χ4v) is 2.75. The molecule has 3 heteroatoms. The number of H-pyrrole nitrogens is 1. The number of hydrogen-bond acceptors (Lipinski definition) is 1. The van der Waals surface area contributed by atoms with Crippen molar-refractivity contribution in [3.05, 3.63) is 77.6 Å². The third-order valence-corrected chi connectivity index (χ3v) is 3.70. The second kappa shape index (κ2) is 5.90. The number of aromatic nitrogens is 1. The van der Waals surface area contributed by atoms with E-state index in [0.29, 0.717) is 5.56 Å². The summed E-state index contributed by atoms with van der Waals surface area (Å²) in [7, 11) is 0. The van der Waals surface area contributed by atoms with Crippen molar-refractivity contribution in [1.29, 1.82) is 0 Å². The highest BCUT2D eigenvalue weighted by molar-refractivity contribution is 6.10. The predicted octanol–water partition coefficient (Wildman–Crippen LogP) is 4.55. The minimum atomic E-state index is -0.0908. The molecule has 2 aromatic carbocycles. The molecule has 3 nitrogen and oxygen atoms in total. The maximum absolute atomic E-state index is 12.7. The molecular formula is C19H18N2O. The molecule has 0 bridgehead atoms. The quantitative estimate of drug-likeness (QED) is 0.730. The predicted molar refractivity (Wildman–Crippen MR) is 90.1 cm³/mol. The number of carbonyl (C=O) groups is 1. The molecule has 22 heavy (non-hydrogen) atoms. The number of aromatic amines is 1. The maximum Gasteiger partial charge on any atom is 0.258 e. The smallest absolute Gasteiger partial charge is 0.258 e. The topological polar surface area (TPSA) is 44.9 Å². The number of benzene rings is 2. The molecule has 3 aromatic rings. The molecule has 110 valence electrons. The molecule has 0 aliphatic heterocycles. The van der Waals surface area contributed by atoms with Gasteiger partial charge in [-0.2, -0.15) is 0 Å². The van der Waals surface area contributed by atoms with Crippen molar-refractivity contribution in [2.24, 2.45) is 0 Å². The summed E-state index contributed by atoms with van der Waals surface area (Å²) in [5, 5.41) is 2.96. The Bertz CT molecular complexity index is 789. The Balaban J connectivity index is 2.02. The molecule has 0 aliphatic carbocycles. The number of amides is 1. The standard InChI is InChI=1S/C19H18N2O/c1-13-17(15-9-5-3-6-10-15)18(14(2)20-13)19(22)21-16-11-7-4-8-12-16/h3-12,20H,1-2H3,(H,21,22). The molecular weight excluding hydrogens is 272 g/mol. The minimum Gasteiger partial charge on any atom is -0.362 e. The summed E-state index contributed by atoms with van der Waals surface area (Å²) < 4.78 is 0. The second-order valence-electron chi connectivity index (χ2n) is 5.31. The van der Waals surface area contributed by atoms with Crippen molar-refractivity contribution in [2.45, 2.75) is 13.8 Å². The summed E-state index contributed by atoms with van der Waals surface area (Å²) in [6.45, 7) is 3.92. The van der Waals surface area contributed by atoms with Crippen molar-refractivity contribution < 1.29 is 4.79 Å². The Morgan fingerprint density at radius 3 is 2.09 bits per heavy atom. The van der Waals surface area contributed by atoms with Crippen molar-refractivity contribution in [3.63, 3.8) is 0 Å². The molecule has 3 rings (SSSR count). The number of rotatable bonds is 3. The molecule has 0 fully saturated rings. The van der Waals surface area contributed by atoms with E-state index < -0.39 is 0 Å². The van der Waals surface area contributed by atoms with Crippen LogP contribution in [-0.2, 0) is 0 Å². The van der Waals surface area contributed by atoms with E-state index in [9.17, 15) is 4.79 Å². The average molecular weight is 290 g/mol. The zero-order chi connectivity index (χ0) is 15.5. The minimum absolute atomic E-state index is 0.0908. The van der Waals surface area contributed by atoms with Crippen LogP contribution in [0.5, 0.6) is 0 Å². The lowest BCUT2D eigenvalue weighted by molar-refractivity contribution is 0.102. The first-order chi connectivity index (χ1) is 10.7. The number of para-hydroxylation sites is 1. The maximum atomic E-state index is 12.7. The fraction of sp³-hybridized carbons (Fsp3) is 0.105. The van der Waals surface area contributed by atoms with Crippen LogP contribution in [0.3, 0.4) is 0 Å². The van der Waals surface area contributed by atoms with Gasteiger partial charge >= 0.3 is 0 Å². The summed E-state index contributed by atoms with van der Waals surface area (Å²) in [4.78, 5) is 16.0. The highest BCUT2D eigenvalue weighted by Gasteiger charge is 2.20. The van der Waals surface area contributed by atoms with E-state index in [1.54, 1.807) is 0 Å². The lowest BCUT2D eigenvalue weighted by Crippen LogP contribution is -2.13. The number of nitrogens with one attached hydrogen (secondary N) is 2. The van der Waals surface area contributed by atoms with Crippen LogP contribution < -0.4 is 5.32 Å². The normalized spacial score (nSPS) is 10.5. The van der Waals surface area contributed by atoms with Gasteiger partial charge in [0.05, 0.1) is 5.56 Å². The van der Waals surface area contributed by atoms with Crippen LogP contribution in [0.25, 0.3) is 11.1 Å². The van der Waals surface area contributed by atoms with Gasteiger partial charge in [-0.3, -0.25) is 4.79 Å². The molecule has 1 heterocycles. The molecule has 0 saturated heterocycles. The van der Waals surface area contributed by atoms with Crippen LogP contribution in [0.2, 0.25) is 0 Å². The van der Waals surface area contributed by atoms with E-state index in [-0.39, 0.29) is 5.91 Å². The van der Waals surface area contributed by atoms with Gasteiger partial charge in [-0.05, 0) is 31.5 Å². The largest absolute Gasteiger partial charge is 0.362 e.